The fourth-order valence-electron chi connectivity index (χ4n) is 4.81. The number of carbonyl (C=O) groups is 3. The lowest BCUT2D eigenvalue weighted by Gasteiger charge is -2.38. The number of anilines is 2. The number of ether oxygens (including phenoxy) is 1. The molecule has 11 heteroatoms. The van der Waals surface area contributed by atoms with E-state index in [2.05, 4.69) is 10.6 Å². The van der Waals surface area contributed by atoms with Crippen molar-refractivity contribution in [2.45, 2.75) is 32.5 Å². The third kappa shape index (κ3) is 7.42. The van der Waals surface area contributed by atoms with Gasteiger partial charge in [-0.25, -0.2) is 14.0 Å². The number of halogens is 1. The zero-order valence-electron chi connectivity index (χ0n) is 23.7. The molecule has 0 bridgehead atoms. The third-order valence-electron chi connectivity index (χ3n) is 7.19. The number of nitrogens with zero attached hydrogens (tertiary/aromatic N) is 2. The third-order valence-corrected chi connectivity index (χ3v) is 7.19. The number of fused-ring (bicyclic) bond motifs is 1. The second-order valence-corrected chi connectivity index (χ2v) is 10.6. The topological polar surface area (TPSA) is 131 Å². The number of hydrogen-bond donors (Lipinski definition) is 4. The summed E-state index contributed by atoms with van der Waals surface area (Å²) < 4.78 is 19.8. The summed E-state index contributed by atoms with van der Waals surface area (Å²) in [5.41, 5.74) is 2.05. The molecule has 1 aliphatic heterocycles. The molecule has 0 fully saturated rings. The van der Waals surface area contributed by atoms with Crippen LogP contribution in [0.4, 0.5) is 20.6 Å². The number of nitrogens with one attached hydrogen (secondary N) is 2. The zero-order valence-corrected chi connectivity index (χ0v) is 23.7. The smallest absolute Gasteiger partial charge is 0.335 e. The molecular weight excluding hydrogens is 543 g/mol. The Bertz CT molecular complexity index is 1420. The molecule has 222 valence electrons. The number of carboxylic acids is 1. The predicted molar refractivity (Wildman–Crippen MR) is 156 cm³/mol. The number of amides is 3. The van der Waals surface area contributed by atoms with Crippen LogP contribution in [0, 0.1) is 11.7 Å². The molecule has 0 unspecified atom stereocenters. The summed E-state index contributed by atoms with van der Waals surface area (Å²) in [5.74, 6) is -1.69. The number of urea groups is 1. The minimum absolute atomic E-state index is 0.158. The Labute approximate surface area is 243 Å². The summed E-state index contributed by atoms with van der Waals surface area (Å²) in [6, 6.07) is 15.8. The summed E-state index contributed by atoms with van der Waals surface area (Å²) in [5, 5.41) is 24.5. The van der Waals surface area contributed by atoms with Crippen LogP contribution in [0.1, 0.15) is 40.1 Å². The van der Waals surface area contributed by atoms with Crippen LogP contribution in [-0.4, -0.2) is 76.8 Å². The molecule has 0 aromatic heterocycles. The van der Waals surface area contributed by atoms with Gasteiger partial charge >= 0.3 is 12.0 Å². The van der Waals surface area contributed by atoms with Gasteiger partial charge in [0.25, 0.3) is 5.91 Å². The number of rotatable bonds is 9. The van der Waals surface area contributed by atoms with E-state index < -0.39 is 30.0 Å². The van der Waals surface area contributed by atoms with Crippen LogP contribution < -0.4 is 15.4 Å². The standard InChI is InChI=1S/C31H35FN4O6/c1-19-15-36(20(2)18-37)29(38)25-5-4-6-26(34-31(41)33-24-13-11-23(32)12-14-24)28(25)42-27(19)17-35(3)16-21-7-9-22(10-8-21)30(39)40/h4-14,19-20,27,37H,15-18H2,1-3H3,(H,39,40)(H2,33,34,41)/t19-,20+,27+/m0/s1. The Balaban J connectivity index is 1.60. The number of carboxylic acid groups (broad SMARTS) is 1. The highest BCUT2D eigenvalue weighted by molar-refractivity contribution is 6.04. The number of aromatic carboxylic acids is 1. The monoisotopic (exact) mass is 578 g/mol. The Kier molecular flexibility index (Phi) is 9.76. The molecule has 0 aliphatic carbocycles. The maximum atomic E-state index is 13.7. The number of hydrogen-bond acceptors (Lipinski definition) is 6. The van der Waals surface area contributed by atoms with E-state index in [4.69, 9.17) is 4.74 Å². The van der Waals surface area contributed by atoms with Gasteiger partial charge in [-0.2, -0.15) is 0 Å². The van der Waals surface area contributed by atoms with Crippen LogP contribution >= 0.6 is 0 Å². The van der Waals surface area contributed by atoms with Crippen LogP contribution in [0.2, 0.25) is 0 Å². The first-order valence-electron chi connectivity index (χ1n) is 13.6. The Hall–Kier alpha value is -4.48. The molecule has 1 heterocycles. The molecule has 0 saturated heterocycles. The lowest BCUT2D eigenvalue weighted by atomic mass is 9.98. The van der Waals surface area contributed by atoms with Crippen LogP contribution in [0.3, 0.4) is 0 Å². The van der Waals surface area contributed by atoms with Crippen molar-refractivity contribution in [3.63, 3.8) is 0 Å². The quantitative estimate of drug-likeness (QED) is 0.294. The minimum atomic E-state index is -0.989. The van der Waals surface area contributed by atoms with Gasteiger partial charge in [0, 0.05) is 31.2 Å². The van der Waals surface area contributed by atoms with Gasteiger partial charge in [-0.05, 0) is 68.1 Å². The van der Waals surface area contributed by atoms with E-state index in [9.17, 15) is 29.0 Å². The van der Waals surface area contributed by atoms with Crippen molar-refractivity contribution in [1.82, 2.24) is 9.80 Å². The van der Waals surface area contributed by atoms with Crippen molar-refractivity contribution in [3.05, 3.63) is 89.2 Å². The molecule has 4 rings (SSSR count). The van der Waals surface area contributed by atoms with Crippen molar-refractivity contribution < 1.29 is 33.7 Å². The fourth-order valence-corrected chi connectivity index (χ4v) is 4.81. The summed E-state index contributed by atoms with van der Waals surface area (Å²) in [4.78, 5) is 41.4. The number of carbonyl (C=O) groups excluding carboxylic acids is 2. The summed E-state index contributed by atoms with van der Waals surface area (Å²) >= 11 is 0. The first-order valence-corrected chi connectivity index (χ1v) is 13.6. The minimum Gasteiger partial charge on any atom is -0.486 e. The van der Waals surface area contributed by atoms with Gasteiger partial charge < -0.3 is 30.5 Å². The van der Waals surface area contributed by atoms with E-state index in [0.29, 0.717) is 25.3 Å². The van der Waals surface area contributed by atoms with Crippen LogP contribution in [0.5, 0.6) is 5.75 Å². The molecule has 1 aliphatic rings. The number of aliphatic hydroxyl groups is 1. The first kappa shape index (κ1) is 30.5. The Morgan fingerprint density at radius 1 is 1.10 bits per heavy atom. The maximum absolute atomic E-state index is 13.7. The molecule has 0 saturated carbocycles. The number of likely N-dealkylation sites (N-methyl/N-ethyl adjacent to an activating group) is 1. The second kappa shape index (κ2) is 13.5. The van der Waals surface area contributed by atoms with E-state index in [0.717, 1.165) is 5.56 Å². The van der Waals surface area contributed by atoms with Gasteiger partial charge in [0.2, 0.25) is 0 Å². The Morgan fingerprint density at radius 2 is 1.79 bits per heavy atom. The van der Waals surface area contributed by atoms with Gasteiger partial charge in [-0.3, -0.25) is 9.69 Å². The molecule has 3 aromatic rings. The SMILES string of the molecule is C[C@H](CO)N1C[C@H](C)[C@@H](CN(C)Cc2ccc(C(=O)O)cc2)Oc2c(NC(=O)Nc3ccc(F)cc3)cccc2C1=O. The normalized spacial score (nSPS) is 17.5. The van der Waals surface area contributed by atoms with E-state index in [-0.39, 0.29) is 41.0 Å². The van der Waals surface area contributed by atoms with Gasteiger partial charge in [0.1, 0.15) is 11.9 Å². The summed E-state index contributed by atoms with van der Waals surface area (Å²) in [7, 11) is 1.92. The number of para-hydroxylation sites is 1. The molecule has 3 aromatic carbocycles. The summed E-state index contributed by atoms with van der Waals surface area (Å²) in [6.07, 6.45) is -0.420. The van der Waals surface area contributed by atoms with Gasteiger partial charge in [-0.1, -0.05) is 25.1 Å². The summed E-state index contributed by atoms with van der Waals surface area (Å²) in [6.45, 7) is 4.83. The highest BCUT2D eigenvalue weighted by Gasteiger charge is 2.34. The van der Waals surface area contributed by atoms with Crippen molar-refractivity contribution in [2.24, 2.45) is 5.92 Å². The highest BCUT2D eigenvalue weighted by Crippen LogP contribution is 2.35. The van der Waals surface area contributed by atoms with Crippen LogP contribution in [-0.2, 0) is 6.54 Å². The predicted octanol–water partition coefficient (Wildman–Crippen LogP) is 4.52. The largest absolute Gasteiger partial charge is 0.486 e. The second-order valence-electron chi connectivity index (χ2n) is 10.6. The lowest BCUT2D eigenvalue weighted by molar-refractivity contribution is 0.0343. The van der Waals surface area contributed by atoms with E-state index in [1.807, 2.05) is 18.9 Å². The molecule has 42 heavy (non-hydrogen) atoms. The molecule has 0 radical (unpaired) electrons. The maximum Gasteiger partial charge on any atom is 0.335 e. The first-order chi connectivity index (χ1) is 20.0. The van der Waals surface area contributed by atoms with Crippen molar-refractivity contribution in [1.29, 1.82) is 0 Å². The lowest BCUT2D eigenvalue weighted by Crippen LogP contribution is -2.49. The molecule has 3 atom stereocenters. The molecule has 4 N–H and O–H groups in total. The highest BCUT2D eigenvalue weighted by atomic mass is 19.1. The van der Waals surface area contributed by atoms with Gasteiger partial charge in [0.05, 0.1) is 29.5 Å². The van der Waals surface area contributed by atoms with Crippen molar-refractivity contribution in [3.8, 4) is 5.75 Å². The molecule has 0 spiro atoms. The van der Waals surface area contributed by atoms with Gasteiger partial charge in [-0.15, -0.1) is 0 Å². The zero-order chi connectivity index (χ0) is 30.4. The average Bonchev–Trinajstić information content (AvgIpc) is 2.96. The number of benzene rings is 3. The van der Waals surface area contributed by atoms with E-state index in [1.165, 1.54) is 24.3 Å². The molecule has 10 nitrogen and oxygen atoms in total. The van der Waals surface area contributed by atoms with E-state index in [1.54, 1.807) is 54.3 Å². The van der Waals surface area contributed by atoms with Crippen molar-refractivity contribution in [2.75, 3.05) is 37.4 Å². The molecular formula is C31H35FN4O6. The van der Waals surface area contributed by atoms with E-state index >= 15 is 0 Å². The average molecular weight is 579 g/mol. The Morgan fingerprint density at radius 3 is 2.43 bits per heavy atom. The van der Waals surface area contributed by atoms with Gasteiger partial charge in [0.15, 0.2) is 5.75 Å². The van der Waals surface area contributed by atoms with Crippen LogP contribution in [0.15, 0.2) is 66.7 Å². The van der Waals surface area contributed by atoms with Crippen molar-refractivity contribution >= 4 is 29.3 Å². The fraction of sp³-hybridized carbons (Fsp3) is 0.323. The number of aliphatic hydroxyl groups excluding tert-OH is 1. The molecule has 3 amide bonds. The van der Waals surface area contributed by atoms with Crippen LogP contribution in [0.25, 0.3) is 0 Å².